The number of hydrogen-bond donors (Lipinski definition) is 0. The van der Waals surface area contributed by atoms with Crippen molar-refractivity contribution in [3.63, 3.8) is 0 Å². The molecule has 0 fully saturated rings. The number of benzene rings is 4. The van der Waals surface area contributed by atoms with Gasteiger partial charge in [0.25, 0.3) is 0 Å². The summed E-state index contributed by atoms with van der Waals surface area (Å²) in [4.78, 5) is 0. The second-order valence-electron chi connectivity index (χ2n) is 11.5. The molecular weight excluding hydrogens is 675 g/mol. The Morgan fingerprint density at radius 1 is 0.561 bits per heavy atom. The molecule has 0 aromatic heterocycles. The Hall–Kier alpha value is -2.81. The maximum Gasteiger partial charge on any atom is 4.00 e. The zero-order chi connectivity index (χ0) is 26.6. The van der Waals surface area contributed by atoms with E-state index < -0.39 is 8.07 Å². The van der Waals surface area contributed by atoms with Crippen molar-refractivity contribution in [2.75, 3.05) is 0 Å². The van der Waals surface area contributed by atoms with Crippen LogP contribution in [0.1, 0.15) is 29.2 Å². The van der Waals surface area contributed by atoms with Crippen molar-refractivity contribution in [1.82, 2.24) is 0 Å². The van der Waals surface area contributed by atoms with Gasteiger partial charge in [0.15, 0.2) is 0 Å². The molecule has 0 unspecified atom stereocenters. The maximum atomic E-state index is 2.56. The van der Waals surface area contributed by atoms with Crippen molar-refractivity contribution in [3.8, 4) is 22.3 Å². The zero-order valence-corrected chi connectivity index (χ0v) is 30.5. The predicted octanol–water partition coefficient (Wildman–Crippen LogP) is 10.1. The molecule has 0 radical (unpaired) electrons. The Morgan fingerprint density at radius 3 is 1.27 bits per heavy atom. The number of rotatable bonds is 5. The molecule has 0 atom stereocenters. The number of aryl methyl sites for hydroxylation is 4. The van der Waals surface area contributed by atoms with Crippen LogP contribution in [0.4, 0.5) is 0 Å². The summed E-state index contributed by atoms with van der Waals surface area (Å²) in [6.07, 6.45) is 0. The van der Waals surface area contributed by atoms with Gasteiger partial charge >= 0.3 is 25.8 Å². The van der Waals surface area contributed by atoms with Gasteiger partial charge in [0.1, 0.15) is 0 Å². The molecular formula is C39H42HfSi. The van der Waals surface area contributed by atoms with Gasteiger partial charge in [-0.05, 0) is 38.8 Å². The molecule has 0 saturated heterocycles. The average molecular weight is 717 g/mol. The minimum atomic E-state index is -1.93. The van der Waals surface area contributed by atoms with E-state index in [1.54, 1.807) is 0 Å². The van der Waals surface area contributed by atoms with Crippen LogP contribution in [0.25, 0.3) is 43.8 Å². The maximum absolute atomic E-state index is 2.56. The SMILES string of the molecule is CC[Si](C)(c1cc2c(-c3cc(C)cc(C)c3)cccc2[cH-]1)c1cc2c(-c3cc(C)cc(C)c3)cccc2[cH-]1.[CH3-].[CH3-].[Hf+4]. The summed E-state index contributed by atoms with van der Waals surface area (Å²) in [6, 6.07) is 38.6. The van der Waals surface area contributed by atoms with Crippen LogP contribution >= 0.6 is 0 Å². The largest absolute Gasteiger partial charge is 4.00 e. The van der Waals surface area contributed by atoms with Gasteiger partial charge in [0, 0.05) is 0 Å². The molecule has 0 N–H and O–H groups in total. The van der Waals surface area contributed by atoms with Crippen LogP contribution in [0.5, 0.6) is 0 Å². The quantitative estimate of drug-likeness (QED) is 0.123. The summed E-state index contributed by atoms with van der Waals surface area (Å²) in [5.74, 6) is 0. The Balaban J connectivity index is 0.00000154. The van der Waals surface area contributed by atoms with E-state index in [0.717, 1.165) is 0 Å². The Labute approximate surface area is 268 Å². The predicted molar refractivity (Wildman–Crippen MR) is 183 cm³/mol. The summed E-state index contributed by atoms with van der Waals surface area (Å²) in [5.41, 5.74) is 10.6. The van der Waals surface area contributed by atoms with Gasteiger partial charge in [0.2, 0.25) is 0 Å². The van der Waals surface area contributed by atoms with Gasteiger partial charge < -0.3 is 14.9 Å². The monoisotopic (exact) mass is 718 g/mol. The van der Waals surface area contributed by atoms with E-state index in [-0.39, 0.29) is 40.7 Å². The minimum absolute atomic E-state index is 0. The average Bonchev–Trinajstić information content (AvgIpc) is 3.52. The minimum Gasteiger partial charge on any atom is -0.358 e. The second-order valence-corrected chi connectivity index (χ2v) is 16.1. The molecule has 6 aromatic rings. The fourth-order valence-electron chi connectivity index (χ4n) is 6.45. The van der Waals surface area contributed by atoms with E-state index in [0.29, 0.717) is 0 Å². The summed E-state index contributed by atoms with van der Waals surface area (Å²) in [5, 5.41) is 8.55. The van der Waals surface area contributed by atoms with Crippen LogP contribution < -0.4 is 10.4 Å². The third kappa shape index (κ3) is 5.92. The Kier molecular flexibility index (Phi) is 10.0. The van der Waals surface area contributed by atoms with Crippen LogP contribution in [0.2, 0.25) is 12.6 Å². The topological polar surface area (TPSA) is 0 Å². The second kappa shape index (κ2) is 12.6. The standard InChI is InChI=1S/C37H36Si.2CH3.Hf/c1-7-38(6,32-20-28-10-8-12-34(36(28)22-32)30-16-24(2)14-25(3)17-30)33-21-29-11-9-13-35(37(29)23-33)31-18-26(4)15-27(5)19-31;;;/h8-23H,7H2,1-6H3;2*1H3;/q-2;2*-1;+4. The van der Waals surface area contributed by atoms with Crippen molar-refractivity contribution in [3.05, 3.63) is 134 Å². The van der Waals surface area contributed by atoms with Crippen LogP contribution in [-0.4, -0.2) is 8.07 Å². The van der Waals surface area contributed by atoms with Crippen molar-refractivity contribution >= 4 is 40.0 Å². The molecule has 0 amide bonds. The van der Waals surface area contributed by atoms with Crippen molar-refractivity contribution in [1.29, 1.82) is 0 Å². The van der Waals surface area contributed by atoms with E-state index in [1.807, 2.05) is 0 Å². The third-order valence-corrected chi connectivity index (χ3v) is 13.1. The molecule has 0 aliphatic carbocycles. The summed E-state index contributed by atoms with van der Waals surface area (Å²) < 4.78 is 0. The molecule has 6 rings (SSSR count). The normalized spacial score (nSPS) is 11.2. The van der Waals surface area contributed by atoms with Gasteiger partial charge in [-0.15, -0.1) is 68.3 Å². The van der Waals surface area contributed by atoms with Gasteiger partial charge in [0.05, 0.1) is 8.07 Å². The summed E-state index contributed by atoms with van der Waals surface area (Å²) >= 11 is 0. The van der Waals surface area contributed by atoms with E-state index in [9.17, 15) is 0 Å². The van der Waals surface area contributed by atoms with E-state index in [2.05, 4.69) is 138 Å². The smallest absolute Gasteiger partial charge is 0.358 e. The first-order valence-electron chi connectivity index (χ1n) is 13.8. The van der Waals surface area contributed by atoms with Gasteiger partial charge in [-0.1, -0.05) is 101 Å². The molecule has 41 heavy (non-hydrogen) atoms. The molecule has 2 heteroatoms. The molecule has 0 bridgehead atoms. The summed E-state index contributed by atoms with van der Waals surface area (Å²) in [6.45, 7) is 13.7. The fourth-order valence-corrected chi connectivity index (χ4v) is 9.47. The van der Waals surface area contributed by atoms with Crippen molar-refractivity contribution < 1.29 is 25.8 Å². The van der Waals surface area contributed by atoms with Crippen molar-refractivity contribution in [2.24, 2.45) is 0 Å². The first kappa shape index (κ1) is 32.7. The van der Waals surface area contributed by atoms with Crippen LogP contribution in [-0.2, 0) is 25.8 Å². The number of hydrogen-bond acceptors (Lipinski definition) is 0. The summed E-state index contributed by atoms with van der Waals surface area (Å²) in [7, 11) is -1.93. The third-order valence-electron chi connectivity index (χ3n) is 8.55. The van der Waals surface area contributed by atoms with Gasteiger partial charge in [-0.3, -0.25) is 0 Å². The molecule has 0 heterocycles. The van der Waals surface area contributed by atoms with E-state index in [4.69, 9.17) is 0 Å². The van der Waals surface area contributed by atoms with Gasteiger partial charge in [-0.25, -0.2) is 0 Å². The van der Waals surface area contributed by atoms with E-state index in [1.165, 1.54) is 82.5 Å². The van der Waals surface area contributed by atoms with E-state index >= 15 is 0 Å². The Morgan fingerprint density at radius 2 is 0.927 bits per heavy atom. The molecule has 0 saturated carbocycles. The van der Waals surface area contributed by atoms with Gasteiger partial charge in [-0.2, -0.15) is 12.1 Å². The molecule has 6 aromatic carbocycles. The van der Waals surface area contributed by atoms with Crippen LogP contribution in [0.3, 0.4) is 0 Å². The molecule has 206 valence electrons. The fraction of sp³-hybridized carbons (Fsp3) is 0.179. The molecule has 0 aliphatic heterocycles. The molecule has 0 nitrogen and oxygen atoms in total. The first-order chi connectivity index (χ1) is 18.2. The zero-order valence-electron chi connectivity index (χ0n) is 25.9. The van der Waals surface area contributed by atoms with Crippen LogP contribution in [0.15, 0.2) is 97.1 Å². The van der Waals surface area contributed by atoms with Crippen molar-refractivity contribution in [2.45, 2.75) is 47.2 Å². The molecule has 0 spiro atoms. The Bertz CT molecular complexity index is 1640. The number of fused-ring (bicyclic) bond motifs is 2. The van der Waals surface area contributed by atoms with Crippen LogP contribution in [0, 0.1) is 42.5 Å². The molecule has 0 aliphatic rings. The first-order valence-corrected chi connectivity index (χ1v) is 16.5.